The Morgan fingerprint density at radius 1 is 1.29 bits per heavy atom. The SMILES string of the molecule is CCC1(CC)CN(CCCF)C(C2CC2)CN1. The molecule has 3 heteroatoms. The second-order valence-electron chi connectivity index (χ2n) is 5.79. The Morgan fingerprint density at radius 3 is 2.53 bits per heavy atom. The van der Waals surface area contributed by atoms with Crippen molar-refractivity contribution in [1.82, 2.24) is 10.2 Å². The van der Waals surface area contributed by atoms with Crippen LogP contribution in [0.5, 0.6) is 0 Å². The van der Waals surface area contributed by atoms with Gasteiger partial charge in [-0.15, -0.1) is 0 Å². The van der Waals surface area contributed by atoms with E-state index in [0.717, 1.165) is 25.6 Å². The van der Waals surface area contributed by atoms with Gasteiger partial charge in [-0.1, -0.05) is 13.8 Å². The maximum Gasteiger partial charge on any atom is 0.0906 e. The fourth-order valence-corrected chi connectivity index (χ4v) is 3.19. The maximum absolute atomic E-state index is 12.4. The van der Waals surface area contributed by atoms with Gasteiger partial charge in [-0.3, -0.25) is 9.29 Å². The van der Waals surface area contributed by atoms with Crippen molar-refractivity contribution >= 4 is 0 Å². The van der Waals surface area contributed by atoms with Crippen LogP contribution in [0.4, 0.5) is 4.39 Å². The van der Waals surface area contributed by atoms with Crippen LogP contribution >= 0.6 is 0 Å². The fraction of sp³-hybridized carbons (Fsp3) is 1.00. The molecule has 1 heterocycles. The molecule has 2 nitrogen and oxygen atoms in total. The quantitative estimate of drug-likeness (QED) is 0.770. The van der Waals surface area contributed by atoms with Crippen LogP contribution in [0.25, 0.3) is 0 Å². The van der Waals surface area contributed by atoms with E-state index in [1.807, 2.05) is 0 Å². The van der Waals surface area contributed by atoms with Gasteiger partial charge in [0.1, 0.15) is 0 Å². The first-order valence-corrected chi connectivity index (χ1v) is 7.29. The van der Waals surface area contributed by atoms with Gasteiger partial charge < -0.3 is 5.32 Å². The molecule has 0 aromatic carbocycles. The third kappa shape index (κ3) is 3.00. The third-order valence-electron chi connectivity index (χ3n) is 4.76. The lowest BCUT2D eigenvalue weighted by Gasteiger charge is -2.48. The molecule has 0 bridgehead atoms. The Balaban J connectivity index is 1.98. The number of hydrogen-bond donors (Lipinski definition) is 1. The van der Waals surface area contributed by atoms with Crippen molar-refractivity contribution < 1.29 is 4.39 Å². The number of nitrogens with zero attached hydrogens (tertiary/aromatic N) is 1. The number of rotatable bonds is 6. The Morgan fingerprint density at radius 2 is 2.00 bits per heavy atom. The fourth-order valence-electron chi connectivity index (χ4n) is 3.19. The van der Waals surface area contributed by atoms with Crippen molar-refractivity contribution in [2.45, 2.75) is 57.5 Å². The molecule has 0 radical (unpaired) electrons. The van der Waals surface area contributed by atoms with Gasteiger partial charge in [0.15, 0.2) is 0 Å². The van der Waals surface area contributed by atoms with E-state index >= 15 is 0 Å². The molecule has 1 N–H and O–H groups in total. The Hall–Kier alpha value is -0.150. The van der Waals surface area contributed by atoms with Crippen molar-refractivity contribution in [2.75, 3.05) is 26.3 Å². The third-order valence-corrected chi connectivity index (χ3v) is 4.76. The number of halogens is 1. The van der Waals surface area contributed by atoms with Gasteiger partial charge in [0, 0.05) is 31.2 Å². The second kappa shape index (κ2) is 5.66. The minimum Gasteiger partial charge on any atom is -0.308 e. The lowest BCUT2D eigenvalue weighted by molar-refractivity contribution is 0.0596. The average molecular weight is 242 g/mol. The highest BCUT2D eigenvalue weighted by Gasteiger charge is 2.42. The molecule has 1 unspecified atom stereocenters. The molecule has 2 rings (SSSR count). The van der Waals surface area contributed by atoms with Gasteiger partial charge in [0.05, 0.1) is 6.67 Å². The number of nitrogens with one attached hydrogen (secondary N) is 1. The van der Waals surface area contributed by atoms with Gasteiger partial charge >= 0.3 is 0 Å². The van der Waals surface area contributed by atoms with Gasteiger partial charge in [-0.25, -0.2) is 0 Å². The van der Waals surface area contributed by atoms with E-state index in [9.17, 15) is 4.39 Å². The molecule has 1 aliphatic carbocycles. The molecule has 1 aliphatic heterocycles. The molecular weight excluding hydrogens is 215 g/mol. The van der Waals surface area contributed by atoms with Crippen LogP contribution in [0, 0.1) is 5.92 Å². The molecule has 2 aliphatic rings. The Bertz CT molecular complexity index is 236. The number of alkyl halides is 1. The zero-order valence-corrected chi connectivity index (χ0v) is 11.3. The summed E-state index contributed by atoms with van der Waals surface area (Å²) in [5, 5.41) is 3.77. The van der Waals surface area contributed by atoms with Crippen LogP contribution in [0.3, 0.4) is 0 Å². The average Bonchev–Trinajstić information content (AvgIpc) is 3.20. The van der Waals surface area contributed by atoms with Crippen molar-refractivity contribution in [3.05, 3.63) is 0 Å². The molecule has 100 valence electrons. The lowest BCUT2D eigenvalue weighted by Crippen LogP contribution is -2.64. The van der Waals surface area contributed by atoms with E-state index in [2.05, 4.69) is 24.1 Å². The molecule has 1 atom stereocenters. The van der Waals surface area contributed by atoms with Crippen LogP contribution in [0.1, 0.15) is 46.0 Å². The molecular formula is C14H27FN2. The van der Waals surface area contributed by atoms with Gasteiger partial charge in [-0.2, -0.15) is 0 Å². The zero-order chi connectivity index (χ0) is 12.3. The van der Waals surface area contributed by atoms with Crippen LogP contribution in [-0.2, 0) is 0 Å². The summed E-state index contributed by atoms with van der Waals surface area (Å²) in [5.41, 5.74) is 0.279. The molecule has 1 saturated heterocycles. The Kier molecular flexibility index (Phi) is 4.42. The minimum absolute atomic E-state index is 0.174. The molecule has 0 aromatic heterocycles. The first kappa shape index (κ1) is 13.3. The maximum atomic E-state index is 12.4. The van der Waals surface area contributed by atoms with E-state index in [-0.39, 0.29) is 12.2 Å². The van der Waals surface area contributed by atoms with Gasteiger partial charge in [-0.05, 0) is 38.0 Å². The molecule has 1 saturated carbocycles. The minimum atomic E-state index is -0.174. The van der Waals surface area contributed by atoms with E-state index < -0.39 is 0 Å². The summed E-state index contributed by atoms with van der Waals surface area (Å²) in [7, 11) is 0. The zero-order valence-electron chi connectivity index (χ0n) is 11.3. The standard InChI is InChI=1S/C14H27FN2/c1-3-14(4-2)11-17(9-5-8-15)13(10-16-14)12-6-7-12/h12-13,16H,3-11H2,1-2H3. The highest BCUT2D eigenvalue weighted by molar-refractivity contribution is 5.01. The van der Waals surface area contributed by atoms with Crippen LogP contribution < -0.4 is 5.32 Å². The summed E-state index contributed by atoms with van der Waals surface area (Å²) in [6.07, 6.45) is 5.81. The van der Waals surface area contributed by atoms with E-state index in [0.29, 0.717) is 12.5 Å². The summed E-state index contributed by atoms with van der Waals surface area (Å²) in [6.45, 7) is 7.52. The van der Waals surface area contributed by atoms with E-state index in [4.69, 9.17) is 0 Å². The van der Waals surface area contributed by atoms with Crippen LogP contribution in [-0.4, -0.2) is 42.8 Å². The smallest absolute Gasteiger partial charge is 0.0906 e. The summed E-state index contributed by atoms with van der Waals surface area (Å²) in [4.78, 5) is 2.57. The van der Waals surface area contributed by atoms with Crippen LogP contribution in [0.2, 0.25) is 0 Å². The van der Waals surface area contributed by atoms with Gasteiger partial charge in [0.25, 0.3) is 0 Å². The molecule has 2 fully saturated rings. The highest BCUT2D eigenvalue weighted by atomic mass is 19.1. The highest BCUT2D eigenvalue weighted by Crippen LogP contribution is 2.38. The second-order valence-corrected chi connectivity index (χ2v) is 5.79. The Labute approximate surface area is 105 Å². The van der Waals surface area contributed by atoms with Crippen molar-refractivity contribution in [3.8, 4) is 0 Å². The number of hydrogen-bond acceptors (Lipinski definition) is 2. The normalized spacial score (nSPS) is 29.5. The first-order chi connectivity index (χ1) is 8.24. The predicted octanol–water partition coefficient (Wildman–Crippen LogP) is 2.59. The van der Waals surface area contributed by atoms with E-state index in [1.165, 1.54) is 25.7 Å². The largest absolute Gasteiger partial charge is 0.308 e. The predicted molar refractivity (Wildman–Crippen MR) is 70.0 cm³/mol. The first-order valence-electron chi connectivity index (χ1n) is 7.29. The van der Waals surface area contributed by atoms with Crippen LogP contribution in [0.15, 0.2) is 0 Å². The molecule has 0 amide bonds. The summed E-state index contributed by atoms with van der Waals surface area (Å²) < 4.78 is 12.4. The molecule has 0 spiro atoms. The topological polar surface area (TPSA) is 15.3 Å². The van der Waals surface area contributed by atoms with Crippen molar-refractivity contribution in [2.24, 2.45) is 5.92 Å². The van der Waals surface area contributed by atoms with Gasteiger partial charge in [0.2, 0.25) is 0 Å². The van der Waals surface area contributed by atoms with Crippen molar-refractivity contribution in [3.63, 3.8) is 0 Å². The van der Waals surface area contributed by atoms with Crippen molar-refractivity contribution in [1.29, 1.82) is 0 Å². The summed E-state index contributed by atoms with van der Waals surface area (Å²) in [5.74, 6) is 0.883. The van der Waals surface area contributed by atoms with E-state index in [1.54, 1.807) is 0 Å². The number of piperazine rings is 1. The monoisotopic (exact) mass is 242 g/mol. The molecule has 17 heavy (non-hydrogen) atoms. The summed E-state index contributed by atoms with van der Waals surface area (Å²) in [6, 6.07) is 0.674. The summed E-state index contributed by atoms with van der Waals surface area (Å²) >= 11 is 0. The lowest BCUT2D eigenvalue weighted by atomic mass is 9.87. The molecule has 0 aromatic rings.